The lowest BCUT2D eigenvalue weighted by molar-refractivity contribution is -0.120. The molecule has 0 saturated carbocycles. The van der Waals surface area contributed by atoms with Crippen molar-refractivity contribution in [3.63, 3.8) is 0 Å². The van der Waals surface area contributed by atoms with Crippen LogP contribution in [-0.2, 0) is 4.79 Å². The number of hydrogen-bond donors (Lipinski definition) is 1. The standard InChI is InChI=1S/C23H27N3OS/c1-14-7-8-19-20(12-14)28-23(24-19)26-9-5-6-18(13-26)22(27)25-21-16(3)10-15(2)11-17(21)4/h7-8,10-12,18H,5-6,9,13H2,1-4H3,(H,25,27). The molecule has 1 amide bonds. The highest BCUT2D eigenvalue weighted by atomic mass is 32.1. The summed E-state index contributed by atoms with van der Waals surface area (Å²) in [5, 5.41) is 4.23. The average molecular weight is 394 g/mol. The molecule has 1 N–H and O–H groups in total. The number of carbonyl (C=O) groups is 1. The van der Waals surface area contributed by atoms with E-state index in [1.807, 2.05) is 0 Å². The molecular formula is C23H27N3OS. The van der Waals surface area contributed by atoms with Crippen molar-refractivity contribution in [2.45, 2.75) is 40.5 Å². The van der Waals surface area contributed by atoms with Gasteiger partial charge < -0.3 is 10.2 Å². The number of aromatic nitrogens is 1. The number of nitrogens with zero attached hydrogens (tertiary/aromatic N) is 2. The number of amides is 1. The van der Waals surface area contributed by atoms with Gasteiger partial charge in [-0.1, -0.05) is 35.1 Å². The van der Waals surface area contributed by atoms with Crippen LogP contribution < -0.4 is 10.2 Å². The minimum atomic E-state index is -0.0115. The van der Waals surface area contributed by atoms with Crippen LogP contribution in [-0.4, -0.2) is 24.0 Å². The molecule has 28 heavy (non-hydrogen) atoms. The fourth-order valence-electron chi connectivity index (χ4n) is 4.12. The lowest BCUT2D eigenvalue weighted by Crippen LogP contribution is -2.40. The Hall–Kier alpha value is -2.40. The maximum atomic E-state index is 13.0. The molecule has 1 aromatic heterocycles. The third-order valence-electron chi connectivity index (χ3n) is 5.52. The predicted octanol–water partition coefficient (Wildman–Crippen LogP) is 5.39. The summed E-state index contributed by atoms with van der Waals surface area (Å²) < 4.78 is 1.22. The Bertz CT molecular complexity index is 1020. The van der Waals surface area contributed by atoms with Gasteiger partial charge in [0.2, 0.25) is 5.91 Å². The number of hydrogen-bond acceptors (Lipinski definition) is 4. The fraction of sp³-hybridized carbons (Fsp3) is 0.391. The van der Waals surface area contributed by atoms with Crippen LogP contribution in [0.1, 0.15) is 35.1 Å². The molecule has 1 unspecified atom stereocenters. The molecule has 4 nitrogen and oxygen atoms in total. The maximum Gasteiger partial charge on any atom is 0.229 e. The normalized spacial score (nSPS) is 17.1. The number of fused-ring (bicyclic) bond motifs is 1. The number of carbonyl (C=O) groups excluding carboxylic acids is 1. The molecule has 1 aliphatic rings. The summed E-state index contributed by atoms with van der Waals surface area (Å²) in [7, 11) is 0. The molecule has 0 radical (unpaired) electrons. The fourth-order valence-corrected chi connectivity index (χ4v) is 5.22. The van der Waals surface area contributed by atoms with E-state index in [0.717, 1.165) is 53.4 Å². The van der Waals surface area contributed by atoms with Crippen molar-refractivity contribution < 1.29 is 4.79 Å². The first kappa shape index (κ1) is 18.9. The number of benzene rings is 2. The van der Waals surface area contributed by atoms with Gasteiger partial charge in [0.1, 0.15) is 0 Å². The largest absolute Gasteiger partial charge is 0.347 e. The SMILES string of the molecule is Cc1cc(C)c(NC(=O)C2CCCN(c3nc4ccc(C)cc4s3)C2)c(C)c1. The smallest absolute Gasteiger partial charge is 0.229 e. The zero-order chi connectivity index (χ0) is 19.8. The Balaban J connectivity index is 1.51. The Kier molecular flexibility index (Phi) is 5.11. The lowest BCUT2D eigenvalue weighted by atomic mass is 9.96. The van der Waals surface area contributed by atoms with Gasteiger partial charge in [0.15, 0.2) is 5.13 Å². The quantitative estimate of drug-likeness (QED) is 0.649. The predicted molar refractivity (Wildman–Crippen MR) is 119 cm³/mol. The summed E-state index contributed by atoms with van der Waals surface area (Å²) >= 11 is 1.73. The molecule has 0 spiro atoms. The van der Waals surface area contributed by atoms with E-state index in [1.165, 1.54) is 15.8 Å². The Labute approximate surface area is 170 Å². The van der Waals surface area contributed by atoms with Crippen LogP contribution in [0.3, 0.4) is 0 Å². The van der Waals surface area contributed by atoms with Crippen LogP contribution in [0.25, 0.3) is 10.2 Å². The van der Waals surface area contributed by atoms with Gasteiger partial charge >= 0.3 is 0 Å². The van der Waals surface area contributed by atoms with Crippen LogP contribution in [0, 0.1) is 33.6 Å². The van der Waals surface area contributed by atoms with Crippen molar-refractivity contribution in [1.82, 2.24) is 4.98 Å². The van der Waals surface area contributed by atoms with Gasteiger partial charge in [-0.3, -0.25) is 4.79 Å². The number of nitrogens with one attached hydrogen (secondary N) is 1. The molecule has 146 valence electrons. The number of aryl methyl sites for hydroxylation is 4. The summed E-state index contributed by atoms with van der Waals surface area (Å²) in [5.74, 6) is 0.110. The molecule has 3 aromatic rings. The average Bonchev–Trinajstić information content (AvgIpc) is 3.07. The van der Waals surface area contributed by atoms with E-state index in [9.17, 15) is 4.79 Å². The van der Waals surface area contributed by atoms with Crippen molar-refractivity contribution in [3.05, 3.63) is 52.6 Å². The highest BCUT2D eigenvalue weighted by Crippen LogP contribution is 2.32. The van der Waals surface area contributed by atoms with Crippen molar-refractivity contribution in [2.75, 3.05) is 23.3 Å². The van der Waals surface area contributed by atoms with Gasteiger partial charge in [-0.05, 0) is 69.4 Å². The third kappa shape index (κ3) is 3.76. The second-order valence-electron chi connectivity index (χ2n) is 8.02. The zero-order valence-electron chi connectivity index (χ0n) is 17.0. The van der Waals surface area contributed by atoms with Crippen LogP contribution in [0.5, 0.6) is 0 Å². The van der Waals surface area contributed by atoms with E-state index >= 15 is 0 Å². The van der Waals surface area contributed by atoms with Crippen LogP contribution >= 0.6 is 11.3 Å². The summed E-state index contributed by atoms with van der Waals surface area (Å²) in [6.07, 6.45) is 1.94. The van der Waals surface area contributed by atoms with Crippen molar-refractivity contribution in [1.29, 1.82) is 0 Å². The van der Waals surface area contributed by atoms with E-state index in [4.69, 9.17) is 4.98 Å². The minimum Gasteiger partial charge on any atom is -0.347 e. The first-order valence-electron chi connectivity index (χ1n) is 9.91. The molecule has 0 bridgehead atoms. The topological polar surface area (TPSA) is 45.2 Å². The van der Waals surface area contributed by atoms with Crippen molar-refractivity contribution in [3.8, 4) is 0 Å². The van der Waals surface area contributed by atoms with E-state index in [-0.39, 0.29) is 11.8 Å². The first-order chi connectivity index (χ1) is 13.4. The maximum absolute atomic E-state index is 13.0. The first-order valence-corrected chi connectivity index (χ1v) is 10.7. The second kappa shape index (κ2) is 7.55. The molecule has 5 heteroatoms. The number of thiazole rings is 1. The molecular weight excluding hydrogens is 366 g/mol. The molecule has 1 atom stereocenters. The molecule has 1 saturated heterocycles. The Morgan fingerprint density at radius 2 is 1.86 bits per heavy atom. The van der Waals surface area contributed by atoms with Crippen molar-refractivity contribution in [2.24, 2.45) is 5.92 Å². The third-order valence-corrected chi connectivity index (χ3v) is 6.60. The van der Waals surface area contributed by atoms with Crippen LogP contribution in [0.2, 0.25) is 0 Å². The van der Waals surface area contributed by atoms with Gasteiger partial charge in [0.05, 0.1) is 16.1 Å². The Morgan fingerprint density at radius 3 is 2.61 bits per heavy atom. The summed E-state index contributed by atoms with van der Waals surface area (Å²) in [5.41, 5.74) is 6.73. The molecule has 0 aliphatic carbocycles. The van der Waals surface area contributed by atoms with E-state index in [1.54, 1.807) is 11.3 Å². The molecule has 2 heterocycles. The summed E-state index contributed by atoms with van der Waals surface area (Å²) in [6.45, 7) is 10.0. The van der Waals surface area contributed by atoms with E-state index in [0.29, 0.717) is 0 Å². The highest BCUT2D eigenvalue weighted by molar-refractivity contribution is 7.22. The monoisotopic (exact) mass is 393 g/mol. The molecule has 2 aromatic carbocycles. The van der Waals surface area contributed by atoms with E-state index < -0.39 is 0 Å². The lowest BCUT2D eigenvalue weighted by Gasteiger charge is -2.32. The van der Waals surface area contributed by atoms with Gasteiger partial charge in [-0.25, -0.2) is 4.98 Å². The van der Waals surface area contributed by atoms with Gasteiger partial charge in [0.25, 0.3) is 0 Å². The van der Waals surface area contributed by atoms with Crippen LogP contribution in [0.15, 0.2) is 30.3 Å². The molecule has 4 rings (SSSR count). The number of piperidine rings is 1. The second-order valence-corrected chi connectivity index (χ2v) is 9.02. The van der Waals surface area contributed by atoms with Gasteiger partial charge in [-0.2, -0.15) is 0 Å². The minimum absolute atomic E-state index is 0.0115. The van der Waals surface area contributed by atoms with E-state index in [2.05, 4.69) is 68.2 Å². The summed E-state index contributed by atoms with van der Waals surface area (Å²) in [6, 6.07) is 10.6. The van der Waals surface area contributed by atoms with Gasteiger partial charge in [0, 0.05) is 18.8 Å². The zero-order valence-corrected chi connectivity index (χ0v) is 17.8. The summed E-state index contributed by atoms with van der Waals surface area (Å²) in [4.78, 5) is 20.1. The highest BCUT2D eigenvalue weighted by Gasteiger charge is 2.28. The van der Waals surface area contributed by atoms with Gasteiger partial charge in [-0.15, -0.1) is 0 Å². The number of rotatable bonds is 3. The molecule has 1 aliphatic heterocycles. The molecule has 1 fully saturated rings. The van der Waals surface area contributed by atoms with Crippen LogP contribution in [0.4, 0.5) is 10.8 Å². The van der Waals surface area contributed by atoms with Crippen molar-refractivity contribution >= 4 is 38.3 Å². The number of anilines is 2. The Morgan fingerprint density at radius 1 is 1.11 bits per heavy atom.